The van der Waals surface area contributed by atoms with Crippen LogP contribution in [0.1, 0.15) is 27.9 Å². The standard InChI is InChI=1S/C23H17FN2O/c24-18-12-11-16-7-5-13-26(22(16)14-18)23(27)21-10-4-3-9-20(21)19-8-2-1-6-17(19)15-25/h1-4,6,8-12,14H,5,7,13H2. The largest absolute Gasteiger partial charge is 0.308 e. The van der Waals surface area contributed by atoms with Gasteiger partial charge in [-0.25, -0.2) is 4.39 Å². The van der Waals surface area contributed by atoms with Gasteiger partial charge in [0.2, 0.25) is 0 Å². The Kier molecular flexibility index (Phi) is 4.43. The third-order valence-corrected chi connectivity index (χ3v) is 4.91. The molecule has 3 nitrogen and oxygen atoms in total. The fourth-order valence-electron chi connectivity index (χ4n) is 3.62. The quantitative estimate of drug-likeness (QED) is 0.651. The fourth-order valence-corrected chi connectivity index (χ4v) is 3.62. The van der Waals surface area contributed by atoms with Crippen LogP contribution < -0.4 is 4.90 Å². The van der Waals surface area contributed by atoms with Crippen LogP contribution in [0.15, 0.2) is 66.7 Å². The van der Waals surface area contributed by atoms with Gasteiger partial charge in [-0.3, -0.25) is 4.79 Å². The molecule has 132 valence electrons. The van der Waals surface area contributed by atoms with Crippen molar-refractivity contribution in [1.29, 1.82) is 5.26 Å². The zero-order chi connectivity index (χ0) is 18.8. The lowest BCUT2D eigenvalue weighted by Gasteiger charge is -2.30. The Morgan fingerprint density at radius 3 is 2.56 bits per heavy atom. The zero-order valence-electron chi connectivity index (χ0n) is 14.7. The van der Waals surface area contributed by atoms with Crippen molar-refractivity contribution in [3.8, 4) is 17.2 Å². The molecule has 4 heteroatoms. The highest BCUT2D eigenvalue weighted by atomic mass is 19.1. The van der Waals surface area contributed by atoms with Crippen LogP contribution in [0, 0.1) is 17.1 Å². The van der Waals surface area contributed by atoms with Crippen LogP contribution in [0.5, 0.6) is 0 Å². The third kappa shape index (κ3) is 3.09. The van der Waals surface area contributed by atoms with Crippen molar-refractivity contribution in [2.24, 2.45) is 0 Å². The number of hydrogen-bond donors (Lipinski definition) is 0. The number of hydrogen-bond acceptors (Lipinski definition) is 2. The van der Waals surface area contributed by atoms with E-state index in [1.54, 1.807) is 29.2 Å². The van der Waals surface area contributed by atoms with Crippen molar-refractivity contribution < 1.29 is 9.18 Å². The molecule has 27 heavy (non-hydrogen) atoms. The van der Waals surface area contributed by atoms with Gasteiger partial charge in [-0.15, -0.1) is 0 Å². The molecule has 0 fully saturated rings. The lowest BCUT2D eigenvalue weighted by molar-refractivity contribution is 0.0985. The van der Waals surface area contributed by atoms with Gasteiger partial charge < -0.3 is 4.90 Å². The Morgan fingerprint density at radius 2 is 1.74 bits per heavy atom. The van der Waals surface area contributed by atoms with E-state index in [4.69, 9.17) is 0 Å². The summed E-state index contributed by atoms with van der Waals surface area (Å²) in [6.07, 6.45) is 1.67. The van der Waals surface area contributed by atoms with Crippen LogP contribution in [-0.4, -0.2) is 12.5 Å². The molecule has 0 aliphatic carbocycles. The average Bonchev–Trinajstić information content (AvgIpc) is 2.72. The monoisotopic (exact) mass is 356 g/mol. The van der Waals surface area contributed by atoms with Gasteiger partial charge in [0.05, 0.1) is 17.3 Å². The highest BCUT2D eigenvalue weighted by molar-refractivity contribution is 6.11. The maximum Gasteiger partial charge on any atom is 0.258 e. The van der Waals surface area contributed by atoms with Crippen LogP contribution >= 0.6 is 0 Å². The van der Waals surface area contributed by atoms with E-state index in [0.29, 0.717) is 28.9 Å². The Hall–Kier alpha value is -3.45. The molecule has 4 rings (SSSR count). The van der Waals surface area contributed by atoms with Crippen LogP contribution in [0.4, 0.5) is 10.1 Å². The topological polar surface area (TPSA) is 44.1 Å². The molecule has 3 aromatic rings. The van der Waals surface area contributed by atoms with E-state index in [-0.39, 0.29) is 11.7 Å². The summed E-state index contributed by atoms with van der Waals surface area (Å²) < 4.78 is 13.8. The van der Waals surface area contributed by atoms with Crippen LogP contribution in [0.3, 0.4) is 0 Å². The second-order valence-corrected chi connectivity index (χ2v) is 6.54. The number of nitrogens with zero attached hydrogens (tertiary/aromatic N) is 2. The summed E-state index contributed by atoms with van der Waals surface area (Å²) in [5.41, 5.74) is 4.07. The molecule has 1 amide bonds. The molecular weight excluding hydrogens is 339 g/mol. The van der Waals surface area contributed by atoms with Gasteiger partial charge in [0, 0.05) is 17.7 Å². The first kappa shape index (κ1) is 17.0. The summed E-state index contributed by atoms with van der Waals surface area (Å²) in [5.74, 6) is -0.526. The Bertz CT molecular complexity index is 1070. The number of benzene rings is 3. The second kappa shape index (κ2) is 7.05. The molecule has 0 radical (unpaired) electrons. The molecule has 0 N–H and O–H groups in total. The number of rotatable bonds is 2. The summed E-state index contributed by atoms with van der Waals surface area (Å²) in [4.78, 5) is 15.0. The number of carbonyl (C=O) groups is 1. The van der Waals surface area contributed by atoms with Crippen LogP contribution in [0.2, 0.25) is 0 Å². The van der Waals surface area contributed by atoms with Gasteiger partial charge in [0.25, 0.3) is 5.91 Å². The Labute approximate surface area is 157 Å². The lowest BCUT2D eigenvalue weighted by atomic mass is 9.94. The van der Waals surface area contributed by atoms with Crippen molar-refractivity contribution >= 4 is 11.6 Å². The van der Waals surface area contributed by atoms with E-state index in [0.717, 1.165) is 24.0 Å². The highest BCUT2D eigenvalue weighted by Crippen LogP contribution is 2.32. The van der Waals surface area contributed by atoms with Gasteiger partial charge in [-0.05, 0) is 48.2 Å². The minimum atomic E-state index is -0.350. The molecule has 1 aliphatic heterocycles. The molecule has 0 spiro atoms. The Morgan fingerprint density at radius 1 is 1.00 bits per heavy atom. The van der Waals surface area contributed by atoms with Crippen molar-refractivity contribution in [2.75, 3.05) is 11.4 Å². The van der Waals surface area contributed by atoms with Gasteiger partial charge in [0.1, 0.15) is 5.82 Å². The van der Waals surface area contributed by atoms with Gasteiger partial charge in [-0.1, -0.05) is 42.5 Å². The molecule has 1 heterocycles. The Balaban J connectivity index is 1.82. The lowest BCUT2D eigenvalue weighted by Crippen LogP contribution is -2.35. The van der Waals surface area contributed by atoms with E-state index >= 15 is 0 Å². The van der Waals surface area contributed by atoms with Crippen molar-refractivity contribution in [1.82, 2.24) is 0 Å². The summed E-state index contributed by atoms with van der Waals surface area (Å²) in [6, 6.07) is 21.3. The molecule has 3 aromatic carbocycles. The van der Waals surface area contributed by atoms with Crippen LogP contribution in [0.25, 0.3) is 11.1 Å². The van der Waals surface area contributed by atoms with E-state index < -0.39 is 0 Å². The molecule has 0 saturated carbocycles. The minimum Gasteiger partial charge on any atom is -0.308 e. The van der Waals surface area contributed by atoms with Gasteiger partial charge in [-0.2, -0.15) is 5.26 Å². The molecule has 0 aromatic heterocycles. The average molecular weight is 356 g/mol. The fraction of sp³-hybridized carbons (Fsp3) is 0.130. The summed E-state index contributed by atoms with van der Waals surface area (Å²) in [5, 5.41) is 9.43. The molecule has 0 atom stereocenters. The number of amides is 1. The molecule has 0 bridgehead atoms. The second-order valence-electron chi connectivity index (χ2n) is 6.54. The number of anilines is 1. The molecule has 1 aliphatic rings. The SMILES string of the molecule is N#Cc1ccccc1-c1ccccc1C(=O)N1CCCc2ccc(F)cc21. The van der Waals surface area contributed by atoms with Gasteiger partial charge in [0.15, 0.2) is 0 Å². The van der Waals surface area contributed by atoms with E-state index in [9.17, 15) is 14.4 Å². The third-order valence-electron chi connectivity index (χ3n) is 4.91. The number of nitriles is 1. The minimum absolute atomic E-state index is 0.176. The van der Waals surface area contributed by atoms with Gasteiger partial charge >= 0.3 is 0 Å². The molecule has 0 unspecified atom stereocenters. The smallest absolute Gasteiger partial charge is 0.258 e. The van der Waals surface area contributed by atoms with Crippen molar-refractivity contribution in [3.05, 3.63) is 89.2 Å². The van der Waals surface area contributed by atoms with E-state index in [2.05, 4.69) is 6.07 Å². The summed E-state index contributed by atoms with van der Waals surface area (Å²) >= 11 is 0. The molecule has 0 saturated heterocycles. The number of aryl methyl sites for hydroxylation is 1. The normalized spacial score (nSPS) is 13.0. The highest BCUT2D eigenvalue weighted by Gasteiger charge is 2.26. The van der Waals surface area contributed by atoms with Crippen LogP contribution in [-0.2, 0) is 6.42 Å². The number of halogens is 1. The van der Waals surface area contributed by atoms with E-state index in [1.165, 1.54) is 12.1 Å². The maximum absolute atomic E-state index is 13.8. The van der Waals surface area contributed by atoms with Crippen molar-refractivity contribution in [2.45, 2.75) is 12.8 Å². The maximum atomic E-state index is 13.8. The summed E-state index contributed by atoms with van der Waals surface area (Å²) in [6.45, 7) is 0.545. The van der Waals surface area contributed by atoms with Crippen molar-refractivity contribution in [3.63, 3.8) is 0 Å². The first-order valence-corrected chi connectivity index (χ1v) is 8.88. The first-order valence-electron chi connectivity index (χ1n) is 8.88. The number of carbonyl (C=O) groups excluding carboxylic acids is 1. The first-order chi connectivity index (χ1) is 13.2. The predicted octanol–water partition coefficient (Wildman–Crippen LogP) is 4.96. The zero-order valence-corrected chi connectivity index (χ0v) is 14.7. The summed E-state index contributed by atoms with van der Waals surface area (Å²) in [7, 11) is 0. The number of fused-ring (bicyclic) bond motifs is 1. The molecular formula is C23H17FN2O. The van der Waals surface area contributed by atoms with E-state index in [1.807, 2.05) is 30.3 Å². The predicted molar refractivity (Wildman–Crippen MR) is 103 cm³/mol.